The van der Waals surface area contributed by atoms with Crippen molar-refractivity contribution in [3.8, 4) is 0 Å². The SMILES string of the molecule is Cc1cnc2c(c1)C[C](=[V])N2C. The third-order valence-electron chi connectivity index (χ3n) is 2.13. The molecule has 2 heterocycles. The zero-order valence-electron chi connectivity index (χ0n) is 7.20. The molecule has 0 saturated carbocycles. The Labute approximate surface area is 81.1 Å². The number of rotatable bonds is 0. The van der Waals surface area contributed by atoms with E-state index in [-0.39, 0.29) is 0 Å². The summed E-state index contributed by atoms with van der Waals surface area (Å²) in [5.41, 5.74) is 2.58. The van der Waals surface area contributed by atoms with Crippen LogP contribution in [-0.4, -0.2) is 16.4 Å². The molecular weight excluding hydrogens is 187 g/mol. The predicted molar refractivity (Wildman–Crippen MR) is 46.1 cm³/mol. The molecule has 12 heavy (non-hydrogen) atoms. The van der Waals surface area contributed by atoms with Gasteiger partial charge in [-0.25, -0.2) is 0 Å². The maximum atomic E-state index is 4.39. The van der Waals surface area contributed by atoms with Crippen LogP contribution < -0.4 is 4.90 Å². The second kappa shape index (κ2) is 2.72. The van der Waals surface area contributed by atoms with E-state index >= 15 is 0 Å². The molecule has 1 aliphatic heterocycles. The van der Waals surface area contributed by atoms with Crippen LogP contribution in [0.25, 0.3) is 0 Å². The molecule has 0 unspecified atom stereocenters. The molecule has 0 spiro atoms. The van der Waals surface area contributed by atoms with Gasteiger partial charge in [0.1, 0.15) is 0 Å². The zero-order chi connectivity index (χ0) is 8.72. The first kappa shape index (κ1) is 8.02. The van der Waals surface area contributed by atoms with Gasteiger partial charge in [0.25, 0.3) is 0 Å². The fourth-order valence-electron chi connectivity index (χ4n) is 1.47. The van der Waals surface area contributed by atoms with E-state index in [1.54, 1.807) is 0 Å². The van der Waals surface area contributed by atoms with Gasteiger partial charge in [-0.1, -0.05) is 0 Å². The summed E-state index contributed by atoms with van der Waals surface area (Å²) in [4.78, 5) is 6.52. The van der Waals surface area contributed by atoms with Crippen molar-refractivity contribution < 1.29 is 17.0 Å². The van der Waals surface area contributed by atoms with Crippen molar-refractivity contribution in [1.29, 1.82) is 0 Å². The molecule has 0 aromatic carbocycles. The topological polar surface area (TPSA) is 16.1 Å². The number of nitrogens with zero attached hydrogens (tertiary/aromatic N) is 2. The van der Waals surface area contributed by atoms with E-state index in [0.29, 0.717) is 0 Å². The van der Waals surface area contributed by atoms with Crippen LogP contribution in [0.2, 0.25) is 0 Å². The predicted octanol–water partition coefficient (Wildman–Crippen LogP) is 1.06. The van der Waals surface area contributed by atoms with Crippen LogP contribution in [-0.2, 0) is 23.4 Å². The Kier molecular flexibility index (Phi) is 1.82. The van der Waals surface area contributed by atoms with Crippen molar-refractivity contribution in [2.24, 2.45) is 0 Å². The van der Waals surface area contributed by atoms with Crippen molar-refractivity contribution in [2.45, 2.75) is 13.3 Å². The van der Waals surface area contributed by atoms with Crippen LogP contribution in [0, 0.1) is 6.92 Å². The average molecular weight is 197 g/mol. The molecule has 3 heteroatoms. The molecule has 2 nitrogen and oxygen atoms in total. The van der Waals surface area contributed by atoms with Crippen LogP contribution in [0.4, 0.5) is 5.82 Å². The molecule has 0 aliphatic carbocycles. The Balaban J connectivity index is 2.54. The molecule has 61 valence electrons. The van der Waals surface area contributed by atoms with E-state index in [1.165, 1.54) is 15.5 Å². The monoisotopic (exact) mass is 197 g/mol. The van der Waals surface area contributed by atoms with Crippen LogP contribution >= 0.6 is 0 Å². The Bertz CT molecular complexity index is 346. The van der Waals surface area contributed by atoms with Crippen molar-refractivity contribution in [3.63, 3.8) is 0 Å². The van der Waals surface area contributed by atoms with Gasteiger partial charge < -0.3 is 0 Å². The van der Waals surface area contributed by atoms with Gasteiger partial charge in [-0.3, -0.25) is 0 Å². The standard InChI is InChI=1S/C9H10N2.V/c1-7-5-8-3-4-11(2)9(8)10-6-7;/h5-6H,3H2,1-2H3;. The van der Waals surface area contributed by atoms with Gasteiger partial charge in [0.15, 0.2) is 0 Å². The second-order valence-corrected chi connectivity index (χ2v) is 3.95. The van der Waals surface area contributed by atoms with Gasteiger partial charge in [0.05, 0.1) is 0 Å². The quantitative estimate of drug-likeness (QED) is 0.618. The molecule has 0 saturated heterocycles. The third kappa shape index (κ3) is 1.12. The summed E-state index contributed by atoms with van der Waals surface area (Å²) < 4.78 is 1.32. The molecule has 1 aromatic rings. The van der Waals surface area contributed by atoms with E-state index in [1.807, 2.05) is 6.20 Å². The number of anilines is 1. The third-order valence-corrected chi connectivity index (χ3v) is 2.85. The first-order valence-electron chi connectivity index (χ1n) is 3.92. The molecule has 0 amide bonds. The molecular formula is C9H10N2V. The molecule has 2 rings (SSSR count). The van der Waals surface area contributed by atoms with Crippen molar-refractivity contribution in [3.05, 3.63) is 23.4 Å². The molecule has 1 aromatic heterocycles. The van der Waals surface area contributed by atoms with E-state index in [0.717, 1.165) is 12.2 Å². The minimum absolute atomic E-state index is 1.03. The Morgan fingerprint density at radius 1 is 1.58 bits per heavy atom. The van der Waals surface area contributed by atoms with Gasteiger partial charge in [-0.15, -0.1) is 0 Å². The summed E-state index contributed by atoms with van der Waals surface area (Å²) in [7, 11) is 2.06. The minimum atomic E-state index is 1.03. The summed E-state index contributed by atoms with van der Waals surface area (Å²) in [6.07, 6.45) is 2.95. The maximum absolute atomic E-state index is 4.39. The van der Waals surface area contributed by atoms with Crippen LogP contribution in [0.5, 0.6) is 0 Å². The molecule has 0 bridgehead atoms. The summed E-state index contributed by atoms with van der Waals surface area (Å²) in [5.74, 6) is 1.11. The van der Waals surface area contributed by atoms with Crippen LogP contribution in [0.1, 0.15) is 11.1 Å². The molecule has 0 radical (unpaired) electrons. The number of hydrogen-bond acceptors (Lipinski definition) is 2. The molecule has 0 fully saturated rings. The molecule has 0 atom stereocenters. The van der Waals surface area contributed by atoms with Crippen molar-refractivity contribution in [2.75, 3.05) is 11.9 Å². The first-order valence-corrected chi connectivity index (χ1v) is 4.62. The van der Waals surface area contributed by atoms with Gasteiger partial charge in [-0.05, 0) is 0 Å². The number of pyridine rings is 1. The zero-order valence-corrected chi connectivity index (χ0v) is 8.60. The van der Waals surface area contributed by atoms with Gasteiger partial charge in [-0.2, -0.15) is 0 Å². The number of hydrogen-bond donors (Lipinski definition) is 0. The number of fused-ring (bicyclic) bond motifs is 1. The second-order valence-electron chi connectivity index (χ2n) is 3.15. The number of aryl methyl sites for hydroxylation is 1. The Morgan fingerprint density at radius 2 is 2.33 bits per heavy atom. The van der Waals surface area contributed by atoms with E-state index in [4.69, 9.17) is 0 Å². The fourth-order valence-corrected chi connectivity index (χ4v) is 1.88. The summed E-state index contributed by atoms with van der Waals surface area (Å²) >= 11 is 2.60. The van der Waals surface area contributed by atoms with Crippen molar-refractivity contribution in [1.82, 2.24) is 4.98 Å². The Morgan fingerprint density at radius 3 is 3.08 bits per heavy atom. The number of likely N-dealkylation sites (N-methyl/N-ethyl adjacent to an activating group) is 1. The van der Waals surface area contributed by atoms with E-state index in [2.05, 4.69) is 46.9 Å². The van der Waals surface area contributed by atoms with Gasteiger partial charge in [0, 0.05) is 0 Å². The average Bonchev–Trinajstić information content (AvgIpc) is 2.28. The van der Waals surface area contributed by atoms with Crippen molar-refractivity contribution >= 4 is 10.2 Å². The molecule has 1 aliphatic rings. The van der Waals surface area contributed by atoms with E-state index in [9.17, 15) is 0 Å². The molecule has 0 N–H and O–H groups in total. The summed E-state index contributed by atoms with van der Waals surface area (Å²) in [5, 5.41) is 0. The van der Waals surface area contributed by atoms with Crippen LogP contribution in [0.3, 0.4) is 0 Å². The first-order chi connectivity index (χ1) is 5.68. The van der Waals surface area contributed by atoms with E-state index < -0.39 is 0 Å². The fraction of sp³-hybridized carbons (Fsp3) is 0.333. The number of aromatic nitrogens is 1. The van der Waals surface area contributed by atoms with Gasteiger partial charge >= 0.3 is 80.8 Å². The van der Waals surface area contributed by atoms with Crippen LogP contribution in [0.15, 0.2) is 12.3 Å². The van der Waals surface area contributed by atoms with Gasteiger partial charge in [0.2, 0.25) is 0 Å². The normalized spacial score (nSPS) is 15.1. The summed E-state index contributed by atoms with van der Waals surface area (Å²) in [6, 6.07) is 2.21. The Hall–Kier alpha value is -0.596. The summed E-state index contributed by atoms with van der Waals surface area (Å²) in [6.45, 7) is 2.08.